The van der Waals surface area contributed by atoms with Crippen LogP contribution in [0.1, 0.15) is 13.3 Å². The lowest BCUT2D eigenvalue weighted by molar-refractivity contribution is -0.293. The van der Waals surface area contributed by atoms with Crippen LogP contribution in [0.5, 0.6) is 0 Å². The molecule has 1 rings (SSSR count). The average molecular weight is 247 g/mol. The van der Waals surface area contributed by atoms with Gasteiger partial charge in [0.05, 0.1) is 6.10 Å². The number of rotatable bonds is 5. The van der Waals surface area contributed by atoms with Gasteiger partial charge in [0.2, 0.25) is 0 Å². The van der Waals surface area contributed by atoms with Crippen LogP contribution in [0.15, 0.2) is 5.11 Å². The van der Waals surface area contributed by atoms with Crippen molar-refractivity contribution in [3.05, 3.63) is 10.4 Å². The van der Waals surface area contributed by atoms with E-state index in [-0.39, 0.29) is 6.61 Å². The van der Waals surface area contributed by atoms with Gasteiger partial charge in [-0.15, -0.1) is 0 Å². The molecule has 1 aliphatic rings. The first-order chi connectivity index (χ1) is 8.07. The first-order valence-electron chi connectivity index (χ1n) is 5.40. The summed E-state index contributed by atoms with van der Waals surface area (Å²) in [6, 6.07) is 0. The van der Waals surface area contributed by atoms with E-state index < -0.39 is 30.7 Å². The molecule has 1 fully saturated rings. The molecule has 0 spiro atoms. The van der Waals surface area contributed by atoms with Crippen molar-refractivity contribution in [1.29, 1.82) is 0 Å². The van der Waals surface area contributed by atoms with Crippen molar-refractivity contribution in [1.82, 2.24) is 0 Å². The van der Waals surface area contributed by atoms with Crippen LogP contribution in [0.25, 0.3) is 10.4 Å². The van der Waals surface area contributed by atoms with Gasteiger partial charge in [0.1, 0.15) is 18.3 Å². The highest BCUT2D eigenvalue weighted by Gasteiger charge is 2.42. The third-order valence-electron chi connectivity index (χ3n) is 2.56. The van der Waals surface area contributed by atoms with E-state index in [9.17, 15) is 15.3 Å². The van der Waals surface area contributed by atoms with Crippen LogP contribution in [-0.4, -0.2) is 59.2 Å². The minimum Gasteiger partial charge on any atom is -0.388 e. The number of ether oxygens (including phenoxy) is 2. The van der Waals surface area contributed by atoms with Gasteiger partial charge in [-0.3, -0.25) is 0 Å². The van der Waals surface area contributed by atoms with Gasteiger partial charge in [0.25, 0.3) is 0 Å². The van der Waals surface area contributed by atoms with Crippen molar-refractivity contribution in [2.75, 3.05) is 13.2 Å². The van der Waals surface area contributed by atoms with Crippen LogP contribution in [0.2, 0.25) is 0 Å². The van der Waals surface area contributed by atoms with E-state index in [1.54, 1.807) is 6.92 Å². The Hall–Kier alpha value is -0.890. The summed E-state index contributed by atoms with van der Waals surface area (Å²) in [5, 5.41) is 31.8. The van der Waals surface area contributed by atoms with Gasteiger partial charge in [0, 0.05) is 18.1 Å². The zero-order valence-electron chi connectivity index (χ0n) is 9.51. The fraction of sp³-hybridized carbons (Fsp3) is 1.00. The Labute approximate surface area is 98.4 Å². The van der Waals surface area contributed by atoms with E-state index in [4.69, 9.17) is 15.0 Å². The third kappa shape index (κ3) is 3.81. The van der Waals surface area contributed by atoms with E-state index in [1.165, 1.54) is 0 Å². The van der Waals surface area contributed by atoms with E-state index in [0.29, 0.717) is 13.0 Å². The van der Waals surface area contributed by atoms with Crippen molar-refractivity contribution >= 4 is 0 Å². The minimum atomic E-state index is -1.29. The van der Waals surface area contributed by atoms with Gasteiger partial charge >= 0.3 is 0 Å². The maximum Gasteiger partial charge on any atom is 0.186 e. The molecular formula is C9H17N3O5. The van der Waals surface area contributed by atoms with Crippen LogP contribution in [0.3, 0.4) is 0 Å². The summed E-state index contributed by atoms with van der Waals surface area (Å²) in [7, 11) is 0. The van der Waals surface area contributed by atoms with Gasteiger partial charge in [-0.25, -0.2) is 0 Å². The monoisotopic (exact) mass is 247 g/mol. The molecule has 1 saturated heterocycles. The summed E-state index contributed by atoms with van der Waals surface area (Å²) < 4.78 is 10.4. The van der Waals surface area contributed by atoms with Crippen molar-refractivity contribution in [2.45, 2.75) is 44.1 Å². The SMILES string of the molecule is CC1O[C@@H](OCCCN=[N+]=[N-])C(O)[C@@H](O)[C@@H]1O. The maximum atomic E-state index is 9.59. The highest BCUT2D eigenvalue weighted by molar-refractivity contribution is 4.87. The molecule has 0 aliphatic carbocycles. The van der Waals surface area contributed by atoms with Crippen molar-refractivity contribution in [3.8, 4) is 0 Å². The van der Waals surface area contributed by atoms with Crippen LogP contribution < -0.4 is 0 Å². The first-order valence-corrected chi connectivity index (χ1v) is 5.40. The number of azide groups is 1. The molecule has 0 aromatic rings. The van der Waals surface area contributed by atoms with Gasteiger partial charge in [-0.1, -0.05) is 5.11 Å². The smallest absolute Gasteiger partial charge is 0.186 e. The van der Waals surface area contributed by atoms with Crippen LogP contribution in [-0.2, 0) is 9.47 Å². The van der Waals surface area contributed by atoms with Gasteiger partial charge < -0.3 is 24.8 Å². The van der Waals surface area contributed by atoms with E-state index in [1.807, 2.05) is 0 Å². The first kappa shape index (κ1) is 14.2. The number of hydrogen-bond acceptors (Lipinski definition) is 6. The molecule has 5 atom stereocenters. The molecule has 0 aromatic heterocycles. The molecular weight excluding hydrogens is 230 g/mol. The molecule has 0 radical (unpaired) electrons. The minimum absolute atomic E-state index is 0.232. The predicted molar refractivity (Wildman–Crippen MR) is 56.9 cm³/mol. The molecule has 0 bridgehead atoms. The molecule has 0 aromatic carbocycles. The van der Waals surface area contributed by atoms with Crippen LogP contribution >= 0.6 is 0 Å². The average Bonchev–Trinajstić information content (AvgIpc) is 2.32. The summed E-state index contributed by atoms with van der Waals surface area (Å²) in [5.41, 5.74) is 8.05. The Bertz CT molecular complexity index is 284. The second-order valence-electron chi connectivity index (χ2n) is 3.86. The normalized spacial score (nSPS) is 37.5. The Morgan fingerprint density at radius 3 is 2.65 bits per heavy atom. The molecule has 0 amide bonds. The summed E-state index contributed by atoms with van der Waals surface area (Å²) >= 11 is 0. The number of hydrogen-bond donors (Lipinski definition) is 3. The topological polar surface area (TPSA) is 128 Å². The van der Waals surface area contributed by atoms with Crippen LogP contribution in [0.4, 0.5) is 0 Å². The lowest BCUT2D eigenvalue weighted by Gasteiger charge is -2.38. The molecule has 1 heterocycles. The van der Waals surface area contributed by atoms with Crippen molar-refractivity contribution < 1.29 is 24.8 Å². The third-order valence-corrected chi connectivity index (χ3v) is 2.56. The fourth-order valence-electron chi connectivity index (χ4n) is 1.53. The van der Waals surface area contributed by atoms with Crippen molar-refractivity contribution in [2.24, 2.45) is 5.11 Å². The Balaban J connectivity index is 2.35. The van der Waals surface area contributed by atoms with E-state index in [0.717, 1.165) is 0 Å². The lowest BCUT2D eigenvalue weighted by atomic mass is 10.0. The zero-order valence-corrected chi connectivity index (χ0v) is 9.51. The number of nitrogens with zero attached hydrogens (tertiary/aromatic N) is 3. The Morgan fingerprint density at radius 2 is 2.00 bits per heavy atom. The predicted octanol–water partition coefficient (Wildman–Crippen LogP) is -0.469. The van der Waals surface area contributed by atoms with E-state index >= 15 is 0 Å². The maximum absolute atomic E-state index is 9.59. The molecule has 8 nitrogen and oxygen atoms in total. The molecule has 0 saturated carbocycles. The highest BCUT2D eigenvalue weighted by Crippen LogP contribution is 2.21. The lowest BCUT2D eigenvalue weighted by Crippen LogP contribution is -2.57. The van der Waals surface area contributed by atoms with Crippen LogP contribution in [0, 0.1) is 0 Å². The Morgan fingerprint density at radius 1 is 1.29 bits per heavy atom. The summed E-state index contributed by atoms with van der Waals surface area (Å²) in [6.07, 6.45) is -4.82. The number of aliphatic hydroxyl groups is 3. The fourth-order valence-corrected chi connectivity index (χ4v) is 1.53. The number of aliphatic hydroxyl groups excluding tert-OH is 3. The van der Waals surface area contributed by atoms with Gasteiger partial charge in [-0.2, -0.15) is 0 Å². The summed E-state index contributed by atoms with van der Waals surface area (Å²) in [4.78, 5) is 2.58. The Kier molecular flexibility index (Phi) is 5.63. The largest absolute Gasteiger partial charge is 0.388 e. The van der Waals surface area contributed by atoms with Gasteiger partial charge in [0.15, 0.2) is 6.29 Å². The molecule has 2 unspecified atom stereocenters. The van der Waals surface area contributed by atoms with Gasteiger partial charge in [-0.05, 0) is 18.9 Å². The molecule has 98 valence electrons. The second-order valence-corrected chi connectivity index (χ2v) is 3.86. The quantitative estimate of drug-likeness (QED) is 0.262. The molecule has 8 heteroatoms. The van der Waals surface area contributed by atoms with E-state index in [2.05, 4.69) is 10.0 Å². The second kappa shape index (κ2) is 6.75. The summed E-state index contributed by atoms with van der Waals surface area (Å²) in [5.74, 6) is 0. The highest BCUT2D eigenvalue weighted by atomic mass is 16.7. The van der Waals surface area contributed by atoms with Crippen molar-refractivity contribution in [3.63, 3.8) is 0 Å². The molecule has 3 N–H and O–H groups in total. The summed E-state index contributed by atoms with van der Waals surface area (Å²) in [6.45, 7) is 2.10. The molecule has 1 aliphatic heterocycles. The zero-order chi connectivity index (χ0) is 12.8. The molecule has 17 heavy (non-hydrogen) atoms. The standard InChI is InChI=1S/C9H17N3O5/c1-5-6(13)7(14)8(15)9(17-5)16-4-2-3-11-12-10/h5-9,13-15H,2-4H2,1H3/t5?,6-,7+,8?,9-/m1/s1.